The molecule has 1 aromatic heterocycles. The highest BCUT2D eigenvalue weighted by atomic mass is 19.1. The first-order valence-corrected chi connectivity index (χ1v) is 10.1. The fourth-order valence-corrected chi connectivity index (χ4v) is 4.68. The van der Waals surface area contributed by atoms with Gasteiger partial charge in [-0.2, -0.15) is 5.10 Å². The molecule has 1 aliphatic carbocycles. The molecule has 2 fully saturated rings. The molecule has 0 atom stereocenters. The lowest BCUT2D eigenvalue weighted by Crippen LogP contribution is -2.38. The first kappa shape index (κ1) is 17.3. The molecule has 0 bridgehead atoms. The minimum atomic E-state index is -0.208. The lowest BCUT2D eigenvalue weighted by atomic mass is 9.96. The Morgan fingerprint density at radius 1 is 1.04 bits per heavy atom. The number of ether oxygens (including phenoxy) is 2. The van der Waals surface area contributed by atoms with Crippen LogP contribution in [0.15, 0.2) is 24.3 Å². The highest BCUT2D eigenvalue weighted by Gasteiger charge is 2.31. The second-order valence-corrected chi connectivity index (χ2v) is 7.84. The lowest BCUT2D eigenvalue weighted by Gasteiger charge is -2.33. The summed E-state index contributed by atoms with van der Waals surface area (Å²) in [6.45, 7) is 4.49. The third-order valence-electron chi connectivity index (χ3n) is 6.12. The van der Waals surface area contributed by atoms with Crippen LogP contribution in [-0.4, -0.2) is 47.3 Å². The number of hydrogen-bond acceptors (Lipinski definition) is 4. The zero-order valence-electron chi connectivity index (χ0n) is 15.6. The number of likely N-dealkylation sites (tertiary alicyclic amines) is 1. The average Bonchev–Trinajstić information content (AvgIpc) is 3.42. The van der Waals surface area contributed by atoms with E-state index in [0.29, 0.717) is 5.92 Å². The van der Waals surface area contributed by atoms with Crippen LogP contribution in [0.2, 0.25) is 0 Å². The number of benzene rings is 1. The van der Waals surface area contributed by atoms with Crippen molar-refractivity contribution >= 4 is 0 Å². The van der Waals surface area contributed by atoms with Crippen molar-refractivity contribution in [2.45, 2.75) is 44.9 Å². The molecule has 3 heterocycles. The van der Waals surface area contributed by atoms with E-state index in [4.69, 9.17) is 14.6 Å². The van der Waals surface area contributed by atoms with Crippen molar-refractivity contribution in [2.75, 3.05) is 26.3 Å². The Hall–Kier alpha value is -1.76. The second kappa shape index (κ2) is 7.34. The summed E-state index contributed by atoms with van der Waals surface area (Å²) in [7, 11) is 0. The Morgan fingerprint density at radius 3 is 2.52 bits per heavy atom. The van der Waals surface area contributed by atoms with Gasteiger partial charge in [-0.15, -0.1) is 0 Å². The number of aromatic nitrogens is 2. The maximum Gasteiger partial charge on any atom is 0.160 e. The molecule has 144 valence electrons. The highest BCUT2D eigenvalue weighted by Crippen LogP contribution is 2.31. The summed E-state index contributed by atoms with van der Waals surface area (Å²) in [5, 5.41) is 4.93. The van der Waals surface area contributed by atoms with Crippen molar-refractivity contribution in [3.05, 3.63) is 47.0 Å². The third-order valence-corrected chi connectivity index (χ3v) is 6.12. The van der Waals surface area contributed by atoms with Gasteiger partial charge in [-0.1, -0.05) is 0 Å². The van der Waals surface area contributed by atoms with Gasteiger partial charge in [0.25, 0.3) is 0 Å². The molecular formula is C21H26FN3O2. The van der Waals surface area contributed by atoms with Gasteiger partial charge >= 0.3 is 0 Å². The number of fused-ring (bicyclic) bond motifs is 1. The van der Waals surface area contributed by atoms with Crippen molar-refractivity contribution in [2.24, 2.45) is 5.92 Å². The summed E-state index contributed by atoms with van der Waals surface area (Å²) in [5.74, 6) is 0.312. The van der Waals surface area contributed by atoms with Gasteiger partial charge in [0.2, 0.25) is 0 Å². The quantitative estimate of drug-likeness (QED) is 0.828. The Bertz CT molecular complexity index is 791. The summed E-state index contributed by atoms with van der Waals surface area (Å²) in [6.07, 6.45) is 5.58. The van der Waals surface area contributed by atoms with Crippen LogP contribution >= 0.6 is 0 Å². The van der Waals surface area contributed by atoms with Crippen molar-refractivity contribution in [3.63, 3.8) is 0 Å². The zero-order chi connectivity index (χ0) is 18.2. The van der Waals surface area contributed by atoms with Gasteiger partial charge in [-0.05, 0) is 75.0 Å². The Labute approximate surface area is 159 Å². The van der Waals surface area contributed by atoms with Crippen LogP contribution in [0, 0.1) is 11.7 Å². The van der Waals surface area contributed by atoms with E-state index in [1.807, 2.05) is 16.8 Å². The van der Waals surface area contributed by atoms with Crippen molar-refractivity contribution in [3.8, 4) is 5.69 Å². The van der Waals surface area contributed by atoms with Crippen LogP contribution in [-0.2, 0) is 28.9 Å². The van der Waals surface area contributed by atoms with Gasteiger partial charge in [0.15, 0.2) is 6.29 Å². The number of piperidine rings is 1. The molecule has 2 aromatic rings. The Kier molecular flexibility index (Phi) is 4.71. The first-order valence-electron chi connectivity index (χ1n) is 10.1. The van der Waals surface area contributed by atoms with Crippen LogP contribution in [0.3, 0.4) is 0 Å². The highest BCUT2D eigenvalue weighted by molar-refractivity contribution is 5.40. The van der Waals surface area contributed by atoms with E-state index in [-0.39, 0.29) is 12.1 Å². The maximum atomic E-state index is 13.3. The SMILES string of the molecule is Fc1ccc(-n2nc(CN3CCC(C4OCCO4)CC3)c3c2CCC3)cc1. The van der Waals surface area contributed by atoms with Crippen LogP contribution in [0.4, 0.5) is 4.39 Å². The standard InChI is InChI=1S/C21H26FN3O2/c22-16-4-6-17(7-5-16)25-20-3-1-2-18(20)19(23-25)14-24-10-8-15(9-11-24)21-26-12-13-27-21/h4-7,15,21H,1-3,8-14H2. The van der Waals surface area contributed by atoms with Crippen LogP contribution in [0.25, 0.3) is 5.69 Å². The largest absolute Gasteiger partial charge is 0.350 e. The Morgan fingerprint density at radius 2 is 1.78 bits per heavy atom. The fraction of sp³-hybridized carbons (Fsp3) is 0.571. The molecular weight excluding hydrogens is 345 g/mol. The van der Waals surface area contributed by atoms with Gasteiger partial charge in [-0.25, -0.2) is 9.07 Å². The summed E-state index contributed by atoms with van der Waals surface area (Å²) < 4.78 is 26.7. The van der Waals surface area contributed by atoms with E-state index in [1.54, 1.807) is 0 Å². The lowest BCUT2D eigenvalue weighted by molar-refractivity contribution is -0.0978. The Balaban J connectivity index is 1.30. The van der Waals surface area contributed by atoms with E-state index in [2.05, 4.69) is 4.90 Å². The van der Waals surface area contributed by atoms with Crippen LogP contribution in [0.1, 0.15) is 36.2 Å². The van der Waals surface area contributed by atoms with Crippen LogP contribution < -0.4 is 0 Å². The van der Waals surface area contributed by atoms with E-state index >= 15 is 0 Å². The monoisotopic (exact) mass is 371 g/mol. The molecule has 3 aliphatic rings. The zero-order valence-corrected chi connectivity index (χ0v) is 15.6. The first-order chi connectivity index (χ1) is 13.3. The summed E-state index contributed by atoms with van der Waals surface area (Å²) in [5.41, 5.74) is 4.86. The molecule has 5 nitrogen and oxygen atoms in total. The molecule has 6 heteroatoms. The number of hydrogen-bond donors (Lipinski definition) is 0. The number of rotatable bonds is 4. The predicted octanol–water partition coefficient (Wildman–Crippen LogP) is 3.09. The molecule has 0 N–H and O–H groups in total. The molecule has 27 heavy (non-hydrogen) atoms. The minimum Gasteiger partial charge on any atom is -0.350 e. The van der Waals surface area contributed by atoms with Crippen molar-refractivity contribution in [1.82, 2.24) is 14.7 Å². The van der Waals surface area contributed by atoms with E-state index in [0.717, 1.165) is 64.2 Å². The molecule has 2 saturated heterocycles. The second-order valence-electron chi connectivity index (χ2n) is 7.84. The molecule has 2 aliphatic heterocycles. The summed E-state index contributed by atoms with van der Waals surface area (Å²) in [4.78, 5) is 2.50. The number of nitrogens with zero attached hydrogens (tertiary/aromatic N) is 3. The van der Waals surface area contributed by atoms with Gasteiger partial charge < -0.3 is 9.47 Å². The molecule has 0 amide bonds. The molecule has 1 aromatic carbocycles. The predicted molar refractivity (Wildman–Crippen MR) is 99.2 cm³/mol. The van der Waals surface area contributed by atoms with E-state index < -0.39 is 0 Å². The van der Waals surface area contributed by atoms with E-state index in [1.165, 1.54) is 35.5 Å². The molecule has 0 spiro atoms. The molecule has 5 rings (SSSR count). The van der Waals surface area contributed by atoms with Crippen molar-refractivity contribution < 1.29 is 13.9 Å². The smallest absolute Gasteiger partial charge is 0.160 e. The average molecular weight is 371 g/mol. The van der Waals surface area contributed by atoms with Gasteiger partial charge in [-0.3, -0.25) is 4.90 Å². The van der Waals surface area contributed by atoms with Gasteiger partial charge in [0, 0.05) is 18.2 Å². The third kappa shape index (κ3) is 3.42. The number of halogens is 1. The van der Waals surface area contributed by atoms with E-state index in [9.17, 15) is 4.39 Å². The maximum absolute atomic E-state index is 13.3. The van der Waals surface area contributed by atoms with Gasteiger partial charge in [0.1, 0.15) is 5.82 Å². The molecule has 0 saturated carbocycles. The van der Waals surface area contributed by atoms with Crippen molar-refractivity contribution in [1.29, 1.82) is 0 Å². The fourth-order valence-electron chi connectivity index (χ4n) is 4.68. The topological polar surface area (TPSA) is 39.5 Å². The van der Waals surface area contributed by atoms with Crippen LogP contribution in [0.5, 0.6) is 0 Å². The van der Waals surface area contributed by atoms with Gasteiger partial charge in [0.05, 0.1) is 24.6 Å². The summed E-state index contributed by atoms with van der Waals surface area (Å²) >= 11 is 0. The molecule has 0 unspecified atom stereocenters. The normalized spacial score (nSPS) is 21.8. The summed E-state index contributed by atoms with van der Waals surface area (Å²) in [6, 6.07) is 6.65. The minimum absolute atomic E-state index is 0.00841. The molecule has 0 radical (unpaired) electrons.